The van der Waals surface area contributed by atoms with Gasteiger partial charge in [-0.15, -0.1) is 0 Å². The zero-order chi connectivity index (χ0) is 15.9. The fourth-order valence-electron chi connectivity index (χ4n) is 1.59. The van der Waals surface area contributed by atoms with Crippen molar-refractivity contribution in [1.82, 2.24) is 4.72 Å². The molecule has 0 aliphatic heterocycles. The first kappa shape index (κ1) is 17.8. The van der Waals surface area contributed by atoms with Crippen molar-refractivity contribution in [1.29, 1.82) is 0 Å². The van der Waals surface area contributed by atoms with Crippen molar-refractivity contribution in [2.45, 2.75) is 24.3 Å². The summed E-state index contributed by atoms with van der Waals surface area (Å²) < 4.78 is 32.0. The van der Waals surface area contributed by atoms with Gasteiger partial charge in [0.1, 0.15) is 5.75 Å². The lowest BCUT2D eigenvalue weighted by molar-refractivity contribution is -0.137. The lowest BCUT2D eigenvalue weighted by atomic mass is 10.3. The minimum absolute atomic E-state index is 0.0461. The van der Waals surface area contributed by atoms with Crippen molar-refractivity contribution in [3.63, 3.8) is 0 Å². The summed E-state index contributed by atoms with van der Waals surface area (Å²) in [5.41, 5.74) is 0. The van der Waals surface area contributed by atoms with Gasteiger partial charge < -0.3 is 9.84 Å². The molecule has 0 saturated heterocycles. The molecule has 0 bridgehead atoms. The maximum Gasteiger partial charge on any atom is 0.306 e. The summed E-state index contributed by atoms with van der Waals surface area (Å²) in [6, 6.07) is 5.73. The van der Waals surface area contributed by atoms with E-state index in [2.05, 4.69) is 4.72 Å². The summed E-state index contributed by atoms with van der Waals surface area (Å²) in [6.07, 6.45) is 1.81. The first-order valence-electron chi connectivity index (χ1n) is 6.31. The minimum atomic E-state index is -3.55. The van der Waals surface area contributed by atoms with E-state index in [-0.39, 0.29) is 24.0 Å². The molecule has 0 aromatic heterocycles. The number of aliphatic carboxylic acids is 1. The van der Waals surface area contributed by atoms with Gasteiger partial charge in [0.2, 0.25) is 10.0 Å². The standard InChI is InChI=1S/C13H19NO5S2/c1-10(9-20-2)14-21(17,18)12-5-3-11(4-6-12)19-8-7-13(15)16/h3-6,10,14H,7-9H2,1-2H3,(H,15,16). The Morgan fingerprint density at radius 1 is 1.38 bits per heavy atom. The first-order chi connectivity index (χ1) is 9.85. The molecule has 1 rings (SSSR count). The monoisotopic (exact) mass is 333 g/mol. The fourth-order valence-corrected chi connectivity index (χ4v) is 3.52. The Bertz CT molecular complexity index is 556. The number of nitrogens with one attached hydrogen (secondary N) is 1. The molecule has 8 heteroatoms. The lowest BCUT2D eigenvalue weighted by Crippen LogP contribution is -2.34. The molecule has 6 nitrogen and oxygen atoms in total. The zero-order valence-corrected chi connectivity index (χ0v) is 13.5. The quantitative estimate of drug-likeness (QED) is 0.712. The van der Waals surface area contributed by atoms with Crippen molar-refractivity contribution in [2.24, 2.45) is 0 Å². The highest BCUT2D eigenvalue weighted by molar-refractivity contribution is 7.98. The lowest BCUT2D eigenvalue weighted by Gasteiger charge is -2.13. The van der Waals surface area contributed by atoms with Crippen LogP contribution >= 0.6 is 11.8 Å². The van der Waals surface area contributed by atoms with Gasteiger partial charge in [-0.3, -0.25) is 4.79 Å². The Hall–Kier alpha value is -1.25. The number of ether oxygens (including phenoxy) is 1. The van der Waals surface area contributed by atoms with Crippen LogP contribution in [0.25, 0.3) is 0 Å². The topological polar surface area (TPSA) is 92.7 Å². The van der Waals surface area contributed by atoms with Crippen LogP contribution in [0.4, 0.5) is 0 Å². The predicted molar refractivity (Wildman–Crippen MR) is 82.4 cm³/mol. The Kier molecular flexibility index (Phi) is 7.00. The highest BCUT2D eigenvalue weighted by atomic mass is 32.2. The maximum absolute atomic E-state index is 12.1. The molecular weight excluding hydrogens is 314 g/mol. The summed E-state index contributed by atoms with van der Waals surface area (Å²) in [6.45, 7) is 1.85. The number of carboxylic acid groups (broad SMARTS) is 1. The van der Waals surface area contributed by atoms with Gasteiger partial charge in [-0.2, -0.15) is 11.8 Å². The minimum Gasteiger partial charge on any atom is -0.493 e. The SMILES string of the molecule is CSCC(C)NS(=O)(=O)c1ccc(OCCC(=O)O)cc1. The molecule has 118 valence electrons. The average Bonchev–Trinajstić information content (AvgIpc) is 2.38. The number of carbonyl (C=O) groups is 1. The number of benzene rings is 1. The van der Waals surface area contributed by atoms with Crippen molar-refractivity contribution in [3.05, 3.63) is 24.3 Å². The van der Waals surface area contributed by atoms with Gasteiger partial charge in [0.25, 0.3) is 0 Å². The Labute approximate surface area is 128 Å². The molecule has 1 atom stereocenters. The van der Waals surface area contributed by atoms with Gasteiger partial charge in [0.15, 0.2) is 0 Å². The number of hydrogen-bond acceptors (Lipinski definition) is 5. The molecule has 1 aromatic rings. The number of rotatable bonds is 9. The van der Waals surface area contributed by atoms with Crippen molar-refractivity contribution < 1.29 is 23.1 Å². The third kappa shape index (κ3) is 6.36. The number of hydrogen-bond donors (Lipinski definition) is 2. The molecule has 0 aliphatic rings. The molecule has 0 amide bonds. The predicted octanol–water partition coefficient (Wildman–Crippen LogP) is 1.57. The smallest absolute Gasteiger partial charge is 0.306 e. The van der Waals surface area contributed by atoms with E-state index in [1.54, 1.807) is 18.7 Å². The Balaban J connectivity index is 2.66. The summed E-state index contributed by atoms with van der Waals surface area (Å²) in [7, 11) is -3.55. The van der Waals surface area contributed by atoms with Gasteiger partial charge in [0, 0.05) is 11.8 Å². The van der Waals surface area contributed by atoms with Crippen LogP contribution in [0.5, 0.6) is 5.75 Å². The molecule has 0 heterocycles. The molecule has 0 saturated carbocycles. The second kappa shape index (κ2) is 8.26. The van der Waals surface area contributed by atoms with Gasteiger partial charge in [-0.25, -0.2) is 13.1 Å². The molecule has 0 aliphatic carbocycles. The van der Waals surface area contributed by atoms with Crippen LogP contribution in [0.15, 0.2) is 29.2 Å². The highest BCUT2D eigenvalue weighted by Gasteiger charge is 2.16. The van der Waals surface area contributed by atoms with E-state index in [1.165, 1.54) is 24.3 Å². The molecule has 1 aromatic carbocycles. The van der Waals surface area contributed by atoms with Crippen molar-refractivity contribution in [3.8, 4) is 5.75 Å². The van der Waals surface area contributed by atoms with Crippen molar-refractivity contribution in [2.75, 3.05) is 18.6 Å². The van der Waals surface area contributed by atoms with Crippen LogP contribution < -0.4 is 9.46 Å². The molecule has 2 N–H and O–H groups in total. The second-order valence-electron chi connectivity index (χ2n) is 4.44. The molecule has 0 fully saturated rings. The Morgan fingerprint density at radius 3 is 2.52 bits per heavy atom. The van der Waals surface area contributed by atoms with Crippen molar-refractivity contribution >= 4 is 27.8 Å². The third-order valence-corrected chi connectivity index (χ3v) is 4.93. The van der Waals surface area contributed by atoms with Crippen LogP contribution in [0.3, 0.4) is 0 Å². The summed E-state index contributed by atoms with van der Waals surface area (Å²) >= 11 is 1.56. The van der Waals surface area contributed by atoms with E-state index in [0.29, 0.717) is 11.5 Å². The third-order valence-electron chi connectivity index (χ3n) is 2.49. The van der Waals surface area contributed by atoms with Crippen LogP contribution in [0, 0.1) is 0 Å². The normalized spacial score (nSPS) is 12.9. The van der Waals surface area contributed by atoms with Gasteiger partial charge in [-0.05, 0) is 37.4 Å². The molecule has 0 radical (unpaired) electrons. The molecule has 21 heavy (non-hydrogen) atoms. The average molecular weight is 333 g/mol. The van der Waals surface area contributed by atoms with Gasteiger partial charge in [-0.1, -0.05) is 0 Å². The Morgan fingerprint density at radius 2 is 2.00 bits per heavy atom. The summed E-state index contributed by atoms with van der Waals surface area (Å²) in [5, 5.41) is 8.50. The van der Waals surface area contributed by atoms with E-state index in [4.69, 9.17) is 9.84 Å². The van der Waals surface area contributed by atoms with E-state index < -0.39 is 16.0 Å². The summed E-state index contributed by atoms with van der Waals surface area (Å²) in [5.74, 6) is 0.184. The van der Waals surface area contributed by atoms with Gasteiger partial charge >= 0.3 is 5.97 Å². The number of sulfonamides is 1. The number of thioether (sulfide) groups is 1. The highest BCUT2D eigenvalue weighted by Crippen LogP contribution is 2.16. The van der Waals surface area contributed by atoms with Crippen LogP contribution in [-0.4, -0.2) is 44.2 Å². The van der Waals surface area contributed by atoms with Crippen LogP contribution in [0.2, 0.25) is 0 Å². The summed E-state index contributed by atoms with van der Waals surface area (Å²) in [4.78, 5) is 10.5. The maximum atomic E-state index is 12.1. The second-order valence-corrected chi connectivity index (χ2v) is 7.07. The first-order valence-corrected chi connectivity index (χ1v) is 9.19. The van der Waals surface area contributed by atoms with Crippen LogP contribution in [0.1, 0.15) is 13.3 Å². The number of carboxylic acids is 1. The fraction of sp³-hybridized carbons (Fsp3) is 0.462. The van der Waals surface area contributed by atoms with E-state index >= 15 is 0 Å². The zero-order valence-electron chi connectivity index (χ0n) is 11.9. The molecule has 1 unspecified atom stereocenters. The molecular formula is C13H19NO5S2. The largest absolute Gasteiger partial charge is 0.493 e. The van der Waals surface area contributed by atoms with E-state index in [9.17, 15) is 13.2 Å². The van der Waals surface area contributed by atoms with E-state index in [0.717, 1.165) is 0 Å². The van der Waals surface area contributed by atoms with Gasteiger partial charge in [0.05, 0.1) is 17.9 Å². The van der Waals surface area contributed by atoms with Crippen LogP contribution in [-0.2, 0) is 14.8 Å². The van der Waals surface area contributed by atoms with E-state index in [1.807, 2.05) is 6.26 Å². The molecule has 0 spiro atoms.